The Bertz CT molecular complexity index is 1430. The number of ether oxygens (including phenoxy) is 2. The zero-order valence-electron chi connectivity index (χ0n) is 21.5. The summed E-state index contributed by atoms with van der Waals surface area (Å²) in [6.07, 6.45) is 7.42. The number of hydrogen-bond acceptors (Lipinski definition) is 9. The van der Waals surface area contributed by atoms with Crippen LogP contribution in [0.15, 0.2) is 55.1 Å². The van der Waals surface area contributed by atoms with Crippen molar-refractivity contribution in [3.8, 4) is 23.1 Å². The van der Waals surface area contributed by atoms with Gasteiger partial charge in [0.2, 0.25) is 5.88 Å². The van der Waals surface area contributed by atoms with Gasteiger partial charge < -0.3 is 19.3 Å². The first-order chi connectivity index (χ1) is 18.7. The molecular weight excluding hydrogens is 480 g/mol. The molecule has 2 aliphatic rings. The molecule has 0 unspecified atom stereocenters. The molecule has 10 heteroatoms. The van der Waals surface area contributed by atoms with Crippen LogP contribution in [0.1, 0.15) is 11.1 Å². The Morgan fingerprint density at radius 3 is 2.47 bits per heavy atom. The summed E-state index contributed by atoms with van der Waals surface area (Å²) in [5, 5.41) is 14.2. The molecule has 0 aliphatic carbocycles. The highest BCUT2D eigenvalue weighted by molar-refractivity contribution is 5.86. The zero-order chi connectivity index (χ0) is 25.9. The van der Waals surface area contributed by atoms with Gasteiger partial charge in [0.1, 0.15) is 11.9 Å². The van der Waals surface area contributed by atoms with Crippen molar-refractivity contribution in [1.82, 2.24) is 24.5 Å². The third-order valence-corrected chi connectivity index (χ3v) is 7.26. The van der Waals surface area contributed by atoms with E-state index in [1.807, 2.05) is 29.2 Å². The number of rotatable bonds is 6. The first-order valence-electron chi connectivity index (χ1n) is 12.9. The molecule has 0 bridgehead atoms. The van der Waals surface area contributed by atoms with E-state index >= 15 is 0 Å². The van der Waals surface area contributed by atoms with E-state index in [9.17, 15) is 5.26 Å². The van der Waals surface area contributed by atoms with Gasteiger partial charge in [-0.1, -0.05) is 6.07 Å². The summed E-state index contributed by atoms with van der Waals surface area (Å²) < 4.78 is 12.5. The van der Waals surface area contributed by atoms with Crippen molar-refractivity contribution in [2.75, 3.05) is 69.4 Å². The molecule has 0 radical (unpaired) electrons. The largest absolute Gasteiger partial charge is 0.481 e. The SMILES string of the molecule is COc1ccc(CN2CCN(c3ccc(-c4cc(N5CCOCC5)cn5ncc(C#N)c45)cn3)CC2)cn1. The molecule has 6 rings (SSSR count). The number of nitriles is 1. The lowest BCUT2D eigenvalue weighted by Crippen LogP contribution is -2.46. The molecule has 194 valence electrons. The van der Waals surface area contributed by atoms with Crippen molar-refractivity contribution < 1.29 is 9.47 Å². The Kier molecular flexibility index (Phi) is 6.77. The first-order valence-corrected chi connectivity index (χ1v) is 12.9. The van der Waals surface area contributed by atoms with Crippen molar-refractivity contribution in [3.05, 3.63) is 66.2 Å². The third-order valence-electron chi connectivity index (χ3n) is 7.26. The van der Waals surface area contributed by atoms with Crippen molar-refractivity contribution in [2.45, 2.75) is 6.54 Å². The molecule has 0 atom stereocenters. The lowest BCUT2D eigenvalue weighted by atomic mass is 10.0. The van der Waals surface area contributed by atoms with Crippen LogP contribution in [0, 0.1) is 11.3 Å². The molecule has 4 aromatic rings. The van der Waals surface area contributed by atoms with Gasteiger partial charge in [0.15, 0.2) is 0 Å². The maximum absolute atomic E-state index is 9.70. The molecule has 10 nitrogen and oxygen atoms in total. The second kappa shape index (κ2) is 10.7. The Morgan fingerprint density at radius 1 is 0.947 bits per heavy atom. The van der Waals surface area contributed by atoms with Crippen LogP contribution in [0.25, 0.3) is 16.6 Å². The normalized spacial score (nSPS) is 16.5. The van der Waals surface area contributed by atoms with Gasteiger partial charge in [-0.15, -0.1) is 0 Å². The summed E-state index contributed by atoms with van der Waals surface area (Å²) in [6, 6.07) is 12.6. The number of hydrogen-bond donors (Lipinski definition) is 0. The molecule has 38 heavy (non-hydrogen) atoms. The summed E-state index contributed by atoms with van der Waals surface area (Å²) in [4.78, 5) is 16.2. The van der Waals surface area contributed by atoms with Crippen molar-refractivity contribution in [2.24, 2.45) is 0 Å². The van der Waals surface area contributed by atoms with Crippen LogP contribution in [0.3, 0.4) is 0 Å². The lowest BCUT2D eigenvalue weighted by molar-refractivity contribution is 0.122. The van der Waals surface area contributed by atoms with E-state index in [-0.39, 0.29) is 0 Å². The van der Waals surface area contributed by atoms with E-state index in [1.165, 1.54) is 5.56 Å². The summed E-state index contributed by atoms with van der Waals surface area (Å²) in [5.41, 5.74) is 5.54. The van der Waals surface area contributed by atoms with Crippen LogP contribution < -0.4 is 14.5 Å². The molecule has 0 N–H and O–H groups in total. The maximum atomic E-state index is 9.70. The molecule has 2 aliphatic heterocycles. The van der Waals surface area contributed by atoms with E-state index in [1.54, 1.807) is 13.3 Å². The average Bonchev–Trinajstić information content (AvgIpc) is 3.41. The van der Waals surface area contributed by atoms with Crippen LogP contribution in [-0.4, -0.2) is 84.1 Å². The molecule has 4 aromatic heterocycles. The Hall–Kier alpha value is -4.20. The van der Waals surface area contributed by atoms with Gasteiger partial charge in [0.25, 0.3) is 0 Å². The van der Waals surface area contributed by atoms with Crippen LogP contribution in [-0.2, 0) is 11.3 Å². The van der Waals surface area contributed by atoms with E-state index < -0.39 is 0 Å². The Labute approximate surface area is 221 Å². The molecule has 0 saturated carbocycles. The number of morpholine rings is 1. The highest BCUT2D eigenvalue weighted by atomic mass is 16.5. The minimum atomic E-state index is 0.556. The summed E-state index contributed by atoms with van der Waals surface area (Å²) in [6.45, 7) is 7.68. The fraction of sp³-hybridized carbons (Fsp3) is 0.357. The fourth-order valence-corrected chi connectivity index (χ4v) is 5.15. The van der Waals surface area contributed by atoms with Gasteiger partial charge >= 0.3 is 0 Å². The number of methoxy groups -OCH3 is 1. The van der Waals surface area contributed by atoms with Gasteiger partial charge in [-0.25, -0.2) is 14.5 Å². The van der Waals surface area contributed by atoms with Crippen LogP contribution in [0.5, 0.6) is 5.88 Å². The molecule has 0 aromatic carbocycles. The van der Waals surface area contributed by atoms with Crippen LogP contribution in [0.4, 0.5) is 11.5 Å². The van der Waals surface area contributed by atoms with Crippen molar-refractivity contribution >= 4 is 17.0 Å². The minimum absolute atomic E-state index is 0.556. The minimum Gasteiger partial charge on any atom is -0.481 e. The highest BCUT2D eigenvalue weighted by Gasteiger charge is 2.20. The smallest absolute Gasteiger partial charge is 0.212 e. The van der Waals surface area contributed by atoms with Gasteiger partial charge in [-0.3, -0.25) is 4.90 Å². The number of fused-ring (bicyclic) bond motifs is 1. The third kappa shape index (κ3) is 4.86. The summed E-state index contributed by atoms with van der Waals surface area (Å²) >= 11 is 0. The van der Waals surface area contributed by atoms with Gasteiger partial charge in [0.05, 0.1) is 49.5 Å². The van der Waals surface area contributed by atoms with Crippen LogP contribution >= 0.6 is 0 Å². The number of anilines is 2. The second-order valence-electron chi connectivity index (χ2n) is 9.55. The number of piperazine rings is 1. The summed E-state index contributed by atoms with van der Waals surface area (Å²) in [5.74, 6) is 1.60. The monoisotopic (exact) mass is 510 g/mol. The van der Waals surface area contributed by atoms with Gasteiger partial charge in [0, 0.05) is 75.4 Å². The van der Waals surface area contributed by atoms with Crippen molar-refractivity contribution in [1.29, 1.82) is 5.26 Å². The topological polar surface area (TPSA) is 95.1 Å². The predicted molar refractivity (Wildman–Crippen MR) is 144 cm³/mol. The summed E-state index contributed by atoms with van der Waals surface area (Å²) in [7, 11) is 1.63. The molecule has 0 spiro atoms. The fourth-order valence-electron chi connectivity index (χ4n) is 5.15. The van der Waals surface area contributed by atoms with Gasteiger partial charge in [-0.05, 0) is 23.8 Å². The van der Waals surface area contributed by atoms with Crippen molar-refractivity contribution in [3.63, 3.8) is 0 Å². The molecule has 6 heterocycles. The zero-order valence-corrected chi connectivity index (χ0v) is 21.5. The van der Waals surface area contributed by atoms with E-state index in [4.69, 9.17) is 14.5 Å². The molecule has 0 amide bonds. The molecular formula is C28H30N8O2. The number of aromatic nitrogens is 4. The highest BCUT2D eigenvalue weighted by Crippen LogP contribution is 2.32. The number of pyridine rings is 3. The first kappa shape index (κ1) is 24.2. The van der Waals surface area contributed by atoms with E-state index in [0.717, 1.165) is 74.0 Å². The lowest BCUT2D eigenvalue weighted by Gasteiger charge is -2.35. The van der Waals surface area contributed by atoms with Crippen LogP contribution in [0.2, 0.25) is 0 Å². The van der Waals surface area contributed by atoms with E-state index in [2.05, 4.69) is 55.1 Å². The number of nitrogens with zero attached hydrogens (tertiary/aromatic N) is 8. The maximum Gasteiger partial charge on any atom is 0.212 e. The quantitative estimate of drug-likeness (QED) is 0.388. The second-order valence-corrected chi connectivity index (χ2v) is 9.55. The Balaban J connectivity index is 1.18. The standard InChI is InChI=1S/C28H30N8O2/c1-37-27-5-2-21(16-31-27)19-33-6-8-35(9-7-33)26-4-3-22(17-30-26)25-14-24(34-10-12-38-13-11-34)20-36-28(25)23(15-29)18-32-36/h2-5,14,16-18,20H,6-13,19H2,1H3. The molecule has 2 saturated heterocycles. The van der Waals surface area contributed by atoms with E-state index in [0.29, 0.717) is 24.7 Å². The Morgan fingerprint density at radius 2 is 1.79 bits per heavy atom. The molecule has 2 fully saturated rings. The van der Waals surface area contributed by atoms with Gasteiger partial charge in [-0.2, -0.15) is 10.4 Å². The average molecular weight is 511 g/mol. The predicted octanol–water partition coefficient (Wildman–Crippen LogP) is 2.83.